The van der Waals surface area contributed by atoms with Crippen LogP contribution in [0, 0.1) is 25.2 Å². The van der Waals surface area contributed by atoms with Crippen molar-refractivity contribution in [3.05, 3.63) is 58.4 Å². The van der Waals surface area contributed by atoms with E-state index >= 15 is 0 Å². The van der Waals surface area contributed by atoms with Gasteiger partial charge >= 0.3 is 0 Å². The molecular formula is C22H26N4O3S. The Bertz CT molecular complexity index is 1150. The molecular weight excluding hydrogens is 400 g/mol. The molecule has 1 aliphatic carbocycles. The first-order valence-electron chi connectivity index (χ1n) is 9.75. The Morgan fingerprint density at radius 1 is 1.30 bits per heavy atom. The summed E-state index contributed by atoms with van der Waals surface area (Å²) in [6.07, 6.45) is 3.90. The van der Waals surface area contributed by atoms with E-state index in [1.165, 1.54) is 20.2 Å². The Labute approximate surface area is 177 Å². The Morgan fingerprint density at radius 2 is 1.97 bits per heavy atom. The minimum atomic E-state index is -3.64. The van der Waals surface area contributed by atoms with Gasteiger partial charge in [0, 0.05) is 38.1 Å². The topological polar surface area (TPSA) is 95.2 Å². The lowest BCUT2D eigenvalue weighted by Crippen LogP contribution is -2.27. The van der Waals surface area contributed by atoms with Gasteiger partial charge in [-0.05, 0) is 56.0 Å². The Hall–Kier alpha value is -2.89. The van der Waals surface area contributed by atoms with Crippen molar-refractivity contribution in [1.29, 1.82) is 5.26 Å². The molecule has 0 aliphatic heterocycles. The number of carbonyl (C=O) groups is 1. The largest absolute Gasteiger partial charge is 0.347 e. The van der Waals surface area contributed by atoms with E-state index in [1.54, 1.807) is 24.3 Å². The lowest BCUT2D eigenvalue weighted by molar-refractivity contribution is -0.117. The number of amides is 1. The molecule has 3 rings (SSSR count). The van der Waals surface area contributed by atoms with Crippen molar-refractivity contribution < 1.29 is 13.2 Å². The zero-order chi connectivity index (χ0) is 22.1. The van der Waals surface area contributed by atoms with E-state index in [-0.39, 0.29) is 17.0 Å². The van der Waals surface area contributed by atoms with E-state index in [9.17, 15) is 18.5 Å². The first-order valence-corrected chi connectivity index (χ1v) is 11.2. The number of rotatable bonds is 7. The lowest BCUT2D eigenvalue weighted by Gasteiger charge is -2.15. The Morgan fingerprint density at radius 3 is 2.57 bits per heavy atom. The number of hydrogen-bond donors (Lipinski definition) is 1. The van der Waals surface area contributed by atoms with E-state index in [0.717, 1.165) is 34.1 Å². The standard InChI is InChI=1S/C22H26N4O3S/c1-15-11-18(16(2)26(15)20-9-10-20)12-19(13-23)22(27)24-14-17-7-5-6-8-21(17)30(28,29)25(3)4/h5-8,11-12,20H,9-10,14H2,1-4H3,(H,24,27)/b19-12+. The predicted octanol–water partition coefficient (Wildman–Crippen LogP) is 2.91. The number of sulfonamides is 1. The summed E-state index contributed by atoms with van der Waals surface area (Å²) in [6.45, 7) is 4.02. The summed E-state index contributed by atoms with van der Waals surface area (Å²) >= 11 is 0. The quantitative estimate of drug-likeness (QED) is 0.544. The molecule has 1 amide bonds. The highest BCUT2D eigenvalue weighted by atomic mass is 32.2. The fourth-order valence-corrected chi connectivity index (χ4v) is 4.63. The third kappa shape index (κ3) is 4.32. The number of carbonyl (C=O) groups excluding carboxylic acids is 1. The average Bonchev–Trinajstić information content (AvgIpc) is 3.49. The molecule has 1 aromatic carbocycles. The molecule has 1 heterocycles. The van der Waals surface area contributed by atoms with Gasteiger partial charge in [-0.2, -0.15) is 5.26 Å². The van der Waals surface area contributed by atoms with Gasteiger partial charge in [-0.15, -0.1) is 0 Å². The van der Waals surface area contributed by atoms with Gasteiger partial charge in [-0.1, -0.05) is 18.2 Å². The van der Waals surface area contributed by atoms with Crippen molar-refractivity contribution in [2.75, 3.05) is 14.1 Å². The number of nitrogens with one attached hydrogen (secondary N) is 1. The van der Waals surface area contributed by atoms with Crippen molar-refractivity contribution in [3.8, 4) is 6.07 Å². The second kappa shape index (κ2) is 8.46. The molecule has 8 heteroatoms. The van der Waals surface area contributed by atoms with Crippen LogP contribution in [0.3, 0.4) is 0 Å². The molecule has 1 N–H and O–H groups in total. The zero-order valence-corrected chi connectivity index (χ0v) is 18.5. The maximum atomic E-state index is 12.6. The van der Waals surface area contributed by atoms with Crippen molar-refractivity contribution in [1.82, 2.24) is 14.2 Å². The number of nitriles is 1. The van der Waals surface area contributed by atoms with Gasteiger partial charge in [0.05, 0.1) is 4.90 Å². The van der Waals surface area contributed by atoms with Gasteiger partial charge in [0.25, 0.3) is 5.91 Å². The van der Waals surface area contributed by atoms with Gasteiger partial charge in [-0.25, -0.2) is 12.7 Å². The van der Waals surface area contributed by atoms with Gasteiger partial charge in [-0.3, -0.25) is 4.79 Å². The van der Waals surface area contributed by atoms with Crippen LogP contribution in [-0.4, -0.2) is 37.3 Å². The number of hydrogen-bond acceptors (Lipinski definition) is 4. The van der Waals surface area contributed by atoms with Gasteiger partial charge in [0.15, 0.2) is 0 Å². The molecule has 7 nitrogen and oxygen atoms in total. The van der Waals surface area contributed by atoms with Crippen LogP contribution in [0.2, 0.25) is 0 Å². The fourth-order valence-electron chi connectivity index (χ4n) is 3.52. The second-order valence-electron chi connectivity index (χ2n) is 7.68. The third-order valence-electron chi connectivity index (χ3n) is 5.27. The molecule has 2 aromatic rings. The smallest absolute Gasteiger partial charge is 0.262 e. The van der Waals surface area contributed by atoms with Gasteiger partial charge in [0.2, 0.25) is 10.0 Å². The number of nitrogens with zero attached hydrogens (tertiary/aromatic N) is 3. The third-order valence-corrected chi connectivity index (χ3v) is 7.19. The average molecular weight is 427 g/mol. The second-order valence-corrected chi connectivity index (χ2v) is 9.80. The molecule has 30 heavy (non-hydrogen) atoms. The van der Waals surface area contributed by atoms with Crippen LogP contribution in [-0.2, 0) is 21.4 Å². The minimum absolute atomic E-state index is 0.00218. The molecule has 0 unspecified atom stereocenters. The molecule has 0 spiro atoms. The lowest BCUT2D eigenvalue weighted by atomic mass is 10.1. The van der Waals surface area contributed by atoms with E-state index in [2.05, 4.69) is 9.88 Å². The molecule has 1 saturated carbocycles. The first kappa shape index (κ1) is 21.8. The molecule has 0 atom stereocenters. The van der Waals surface area contributed by atoms with Crippen LogP contribution in [0.15, 0.2) is 40.8 Å². The summed E-state index contributed by atoms with van der Waals surface area (Å²) in [5.41, 5.74) is 3.45. The summed E-state index contributed by atoms with van der Waals surface area (Å²) in [5.74, 6) is -0.536. The van der Waals surface area contributed by atoms with Crippen LogP contribution in [0.1, 0.15) is 41.4 Å². The van der Waals surface area contributed by atoms with E-state index in [4.69, 9.17) is 0 Å². The highest BCUT2D eigenvalue weighted by molar-refractivity contribution is 7.89. The van der Waals surface area contributed by atoms with E-state index < -0.39 is 15.9 Å². The predicted molar refractivity (Wildman–Crippen MR) is 115 cm³/mol. The number of aromatic nitrogens is 1. The summed E-state index contributed by atoms with van der Waals surface area (Å²) in [5, 5.41) is 12.2. The molecule has 158 valence electrons. The van der Waals surface area contributed by atoms with Crippen LogP contribution in [0.5, 0.6) is 0 Å². The van der Waals surface area contributed by atoms with E-state index in [1.807, 2.05) is 26.0 Å². The van der Waals surface area contributed by atoms with Crippen molar-refractivity contribution in [2.24, 2.45) is 0 Å². The fraction of sp³-hybridized carbons (Fsp3) is 0.364. The van der Waals surface area contributed by atoms with Crippen LogP contribution in [0.4, 0.5) is 0 Å². The molecule has 1 aromatic heterocycles. The van der Waals surface area contributed by atoms with Crippen LogP contribution in [0.25, 0.3) is 6.08 Å². The zero-order valence-electron chi connectivity index (χ0n) is 17.6. The summed E-state index contributed by atoms with van der Waals surface area (Å²) < 4.78 is 28.4. The molecule has 0 radical (unpaired) electrons. The Kier molecular flexibility index (Phi) is 6.15. The highest BCUT2D eigenvalue weighted by Crippen LogP contribution is 2.38. The first-order chi connectivity index (χ1) is 14.2. The summed E-state index contributed by atoms with van der Waals surface area (Å²) in [6, 6.07) is 11.0. The van der Waals surface area contributed by atoms with Gasteiger partial charge in [0.1, 0.15) is 11.6 Å². The maximum Gasteiger partial charge on any atom is 0.262 e. The monoisotopic (exact) mass is 426 g/mol. The van der Waals surface area contributed by atoms with E-state index in [0.29, 0.717) is 11.6 Å². The van der Waals surface area contributed by atoms with Crippen LogP contribution >= 0.6 is 0 Å². The normalized spacial score (nSPS) is 14.6. The number of benzene rings is 1. The molecule has 1 aliphatic rings. The molecule has 0 bridgehead atoms. The van der Waals surface area contributed by atoms with Crippen molar-refractivity contribution in [2.45, 2.75) is 44.2 Å². The summed E-state index contributed by atoms with van der Waals surface area (Å²) in [7, 11) is -0.725. The number of aryl methyl sites for hydroxylation is 1. The SMILES string of the molecule is Cc1cc(/C=C(\C#N)C(=O)NCc2ccccc2S(=O)(=O)N(C)C)c(C)n1C1CC1. The summed E-state index contributed by atoms with van der Waals surface area (Å²) in [4.78, 5) is 12.8. The highest BCUT2D eigenvalue weighted by Gasteiger charge is 2.27. The molecule has 0 saturated heterocycles. The molecule has 1 fully saturated rings. The van der Waals surface area contributed by atoms with Crippen molar-refractivity contribution >= 4 is 22.0 Å². The van der Waals surface area contributed by atoms with Crippen LogP contribution < -0.4 is 5.32 Å². The van der Waals surface area contributed by atoms with Crippen molar-refractivity contribution in [3.63, 3.8) is 0 Å². The minimum Gasteiger partial charge on any atom is -0.347 e. The Balaban J connectivity index is 1.81. The maximum absolute atomic E-state index is 12.6. The van der Waals surface area contributed by atoms with Gasteiger partial charge < -0.3 is 9.88 Å².